The van der Waals surface area contributed by atoms with Crippen molar-refractivity contribution >= 4 is 27.9 Å². The molecule has 0 saturated carbocycles. The van der Waals surface area contributed by atoms with E-state index in [2.05, 4.69) is 13.0 Å². The summed E-state index contributed by atoms with van der Waals surface area (Å²) >= 11 is 1.51. The molecule has 2 aromatic rings. The Morgan fingerprint density at radius 2 is 2.00 bits per heavy atom. The van der Waals surface area contributed by atoms with E-state index in [0.29, 0.717) is 0 Å². The monoisotopic (exact) mass is 318 g/mol. The Morgan fingerprint density at radius 3 is 2.76 bits per heavy atom. The lowest BCUT2D eigenvalue weighted by atomic mass is 10.1. The fourth-order valence-electron chi connectivity index (χ4n) is 2.68. The van der Waals surface area contributed by atoms with Gasteiger partial charge in [0.1, 0.15) is 0 Å². The summed E-state index contributed by atoms with van der Waals surface area (Å²) in [6.45, 7) is 2.07. The third-order valence-corrected chi connectivity index (χ3v) is 6.45. The van der Waals surface area contributed by atoms with Gasteiger partial charge in [-0.2, -0.15) is 0 Å². The van der Waals surface area contributed by atoms with Crippen molar-refractivity contribution in [2.75, 3.05) is 5.75 Å². The number of hydrogen-bond acceptors (Lipinski definition) is 3. The van der Waals surface area contributed by atoms with Crippen LogP contribution in [-0.4, -0.2) is 15.7 Å². The molecule has 1 aromatic heterocycles. The summed E-state index contributed by atoms with van der Waals surface area (Å²) in [5.41, 5.74) is 2.67. The highest BCUT2D eigenvalue weighted by Crippen LogP contribution is 2.25. The molecule has 21 heavy (non-hydrogen) atoms. The van der Waals surface area contributed by atoms with E-state index in [4.69, 9.17) is 0 Å². The average molecular weight is 318 g/mol. The summed E-state index contributed by atoms with van der Waals surface area (Å²) < 4.78 is 12.4. The fraction of sp³-hybridized carbons (Fsp3) is 0.353. The fourth-order valence-corrected chi connectivity index (χ4v) is 4.71. The summed E-state index contributed by atoms with van der Waals surface area (Å²) in [7, 11) is -1.24. The molecule has 1 heterocycles. The first-order valence-electron chi connectivity index (χ1n) is 7.29. The molecular weight excluding hydrogens is 300 g/mol. The molecule has 0 amide bonds. The van der Waals surface area contributed by atoms with E-state index in [1.165, 1.54) is 33.8 Å². The van der Waals surface area contributed by atoms with Crippen LogP contribution in [0.1, 0.15) is 39.0 Å². The molecule has 0 aliphatic heterocycles. The molecule has 1 aromatic carbocycles. The van der Waals surface area contributed by atoms with Crippen molar-refractivity contribution in [3.63, 3.8) is 0 Å². The van der Waals surface area contributed by atoms with Gasteiger partial charge < -0.3 is 0 Å². The molecule has 4 heteroatoms. The lowest BCUT2D eigenvalue weighted by Gasteiger charge is -2.04. The van der Waals surface area contributed by atoms with E-state index in [1.807, 2.05) is 24.3 Å². The van der Waals surface area contributed by atoms with Crippen molar-refractivity contribution in [1.82, 2.24) is 0 Å². The number of ketones is 1. The van der Waals surface area contributed by atoms with Gasteiger partial charge in [-0.25, -0.2) is 0 Å². The van der Waals surface area contributed by atoms with Gasteiger partial charge in [0.2, 0.25) is 0 Å². The zero-order chi connectivity index (χ0) is 14.8. The van der Waals surface area contributed by atoms with E-state index in [0.717, 1.165) is 29.0 Å². The highest BCUT2D eigenvalue weighted by molar-refractivity contribution is 7.85. The number of hydrogen-bond donors (Lipinski definition) is 0. The predicted octanol–water partition coefficient (Wildman–Crippen LogP) is 3.79. The van der Waals surface area contributed by atoms with Crippen LogP contribution < -0.4 is 0 Å². The minimum absolute atomic E-state index is 0.0152. The Hall–Kier alpha value is -1.26. The van der Waals surface area contributed by atoms with Crippen LogP contribution in [0.4, 0.5) is 0 Å². The Kier molecular flexibility index (Phi) is 4.36. The number of carbonyl (C=O) groups excluding carboxylic acids is 1. The van der Waals surface area contributed by atoms with Crippen LogP contribution in [0.2, 0.25) is 0 Å². The number of thiophene rings is 1. The molecule has 110 valence electrons. The van der Waals surface area contributed by atoms with Gasteiger partial charge in [-0.3, -0.25) is 9.00 Å². The maximum absolute atomic E-state index is 12.4. The lowest BCUT2D eigenvalue weighted by molar-refractivity contribution is 0.102. The quantitative estimate of drug-likeness (QED) is 0.786. The first kappa shape index (κ1) is 14.7. The second-order valence-electron chi connectivity index (χ2n) is 5.32. The molecule has 0 saturated heterocycles. The molecule has 1 unspecified atom stereocenters. The largest absolute Gasteiger partial charge is 0.292 e. The normalized spacial score (nSPS) is 14.9. The molecule has 0 fully saturated rings. The molecule has 1 aliphatic rings. The van der Waals surface area contributed by atoms with Gasteiger partial charge in [-0.1, -0.05) is 13.0 Å². The number of carbonyl (C=O) groups is 1. The van der Waals surface area contributed by atoms with Gasteiger partial charge in [-0.05, 0) is 61.1 Å². The second kappa shape index (κ2) is 6.24. The van der Waals surface area contributed by atoms with Gasteiger partial charge in [0.05, 0.1) is 21.4 Å². The topological polar surface area (TPSA) is 34.1 Å². The Labute approximate surface area is 131 Å². The highest BCUT2D eigenvalue weighted by Gasteiger charge is 2.17. The van der Waals surface area contributed by atoms with Crippen molar-refractivity contribution in [2.45, 2.75) is 37.5 Å². The molecule has 0 bridgehead atoms. The highest BCUT2D eigenvalue weighted by atomic mass is 32.2. The van der Waals surface area contributed by atoms with E-state index in [1.54, 1.807) is 0 Å². The van der Waals surface area contributed by atoms with Gasteiger partial charge in [-0.15, -0.1) is 11.3 Å². The van der Waals surface area contributed by atoms with Crippen LogP contribution in [-0.2, 0) is 30.1 Å². The Morgan fingerprint density at radius 1 is 1.19 bits per heavy atom. The lowest BCUT2D eigenvalue weighted by Crippen LogP contribution is -2.10. The van der Waals surface area contributed by atoms with Crippen LogP contribution in [0.25, 0.3) is 0 Å². The van der Waals surface area contributed by atoms with Crippen molar-refractivity contribution in [1.29, 1.82) is 0 Å². The van der Waals surface area contributed by atoms with Crippen LogP contribution in [0, 0.1) is 0 Å². The third kappa shape index (κ3) is 3.16. The van der Waals surface area contributed by atoms with Crippen molar-refractivity contribution in [3.8, 4) is 0 Å². The van der Waals surface area contributed by atoms with E-state index in [9.17, 15) is 9.00 Å². The van der Waals surface area contributed by atoms with Crippen molar-refractivity contribution in [2.24, 2.45) is 0 Å². The summed E-state index contributed by atoms with van der Waals surface area (Å²) in [6, 6.07) is 9.85. The zero-order valence-electron chi connectivity index (χ0n) is 12.1. The smallest absolute Gasteiger partial charge is 0.185 e. The van der Waals surface area contributed by atoms with Gasteiger partial charge >= 0.3 is 0 Å². The molecule has 3 rings (SSSR count). The second-order valence-corrected chi connectivity index (χ2v) is 7.94. The average Bonchev–Trinajstić information content (AvgIpc) is 3.15. The first-order chi connectivity index (χ1) is 10.2. The molecule has 0 spiro atoms. The number of Topliss-reactive ketones (excluding diaryl/α,β-unsaturated/α-hetero) is 1. The first-order valence-corrected chi connectivity index (χ1v) is 9.43. The minimum atomic E-state index is -1.24. The van der Waals surface area contributed by atoms with Gasteiger partial charge in [0.25, 0.3) is 0 Å². The number of benzene rings is 1. The Bertz CT molecular complexity index is 701. The van der Waals surface area contributed by atoms with E-state index >= 15 is 0 Å². The standard InChI is InChI=1S/C17H18O2S2/c1-2-14-7-9-17(20-14)16(18)11-21(19)15-8-6-12-4-3-5-13(12)10-15/h6-10H,2-5,11H2,1H3. The summed E-state index contributed by atoms with van der Waals surface area (Å²) in [5, 5.41) is 0. The van der Waals surface area contributed by atoms with Crippen LogP contribution >= 0.6 is 11.3 Å². The molecule has 0 radical (unpaired) electrons. The SMILES string of the molecule is CCc1ccc(C(=O)CS(=O)c2ccc3c(c2)CCC3)s1. The molecule has 2 nitrogen and oxygen atoms in total. The van der Waals surface area contributed by atoms with Gasteiger partial charge in [0, 0.05) is 9.77 Å². The van der Waals surface area contributed by atoms with E-state index in [-0.39, 0.29) is 11.5 Å². The van der Waals surface area contributed by atoms with Crippen LogP contribution in [0.3, 0.4) is 0 Å². The molecule has 1 aliphatic carbocycles. The summed E-state index contributed by atoms with van der Waals surface area (Å²) in [4.78, 5) is 14.9. The summed E-state index contributed by atoms with van der Waals surface area (Å²) in [5.74, 6) is 0.0705. The maximum atomic E-state index is 12.4. The van der Waals surface area contributed by atoms with E-state index < -0.39 is 10.8 Å². The maximum Gasteiger partial charge on any atom is 0.185 e. The zero-order valence-corrected chi connectivity index (χ0v) is 13.7. The van der Waals surface area contributed by atoms with Crippen molar-refractivity contribution < 1.29 is 9.00 Å². The molecule has 0 N–H and O–H groups in total. The van der Waals surface area contributed by atoms with Crippen LogP contribution in [0.15, 0.2) is 35.2 Å². The molecular formula is C17H18O2S2. The minimum Gasteiger partial charge on any atom is -0.292 e. The number of fused-ring (bicyclic) bond motifs is 1. The summed E-state index contributed by atoms with van der Waals surface area (Å²) in [6.07, 6.45) is 4.31. The third-order valence-electron chi connectivity index (χ3n) is 3.88. The van der Waals surface area contributed by atoms with Crippen molar-refractivity contribution in [3.05, 3.63) is 51.2 Å². The predicted molar refractivity (Wildman–Crippen MR) is 87.8 cm³/mol. The Balaban J connectivity index is 1.72. The number of rotatable bonds is 5. The van der Waals surface area contributed by atoms with Crippen LogP contribution in [0.5, 0.6) is 0 Å². The molecule has 1 atom stereocenters. The number of aryl methyl sites for hydroxylation is 3. The van der Waals surface area contributed by atoms with Gasteiger partial charge in [0.15, 0.2) is 5.78 Å².